The largest absolute Gasteiger partial charge is 0.482 e. The van der Waals surface area contributed by atoms with Gasteiger partial charge in [-0.3, -0.25) is 4.90 Å². The predicted octanol–water partition coefficient (Wildman–Crippen LogP) is 1.16. The number of carbonyl (C=O) groups is 1. The van der Waals surface area contributed by atoms with Crippen molar-refractivity contribution < 1.29 is 19.4 Å². The highest BCUT2D eigenvalue weighted by molar-refractivity contribution is 5.68. The van der Waals surface area contributed by atoms with Gasteiger partial charge in [0.15, 0.2) is 12.4 Å². The molecule has 3 N–H and O–H groups in total. The Kier molecular flexibility index (Phi) is 6.33. The van der Waals surface area contributed by atoms with Crippen LogP contribution in [0.15, 0.2) is 36.7 Å². The number of methoxy groups -OCH3 is 1. The maximum Gasteiger partial charge on any atom is 0.341 e. The molecule has 0 amide bonds. The second-order valence-corrected chi connectivity index (χ2v) is 6.54. The Morgan fingerprint density at radius 2 is 2.15 bits per heavy atom. The van der Waals surface area contributed by atoms with Crippen LogP contribution < -0.4 is 10.5 Å². The summed E-state index contributed by atoms with van der Waals surface area (Å²) in [6, 6.07) is 7.34. The van der Waals surface area contributed by atoms with Gasteiger partial charge in [-0.2, -0.15) is 0 Å². The Bertz CT molecular complexity index is 772. The van der Waals surface area contributed by atoms with Crippen molar-refractivity contribution >= 4 is 5.97 Å². The lowest BCUT2D eigenvalue weighted by Crippen LogP contribution is -2.51. The number of carboxylic acids is 1. The summed E-state index contributed by atoms with van der Waals surface area (Å²) in [7, 11) is 1.67. The zero-order chi connectivity index (χ0) is 19.2. The van der Waals surface area contributed by atoms with Crippen molar-refractivity contribution in [3.8, 4) is 17.1 Å². The molecule has 0 saturated carbocycles. The minimum Gasteiger partial charge on any atom is -0.482 e. The highest BCUT2D eigenvalue weighted by atomic mass is 16.5. The van der Waals surface area contributed by atoms with Crippen LogP contribution in [-0.4, -0.2) is 64.9 Å². The van der Waals surface area contributed by atoms with E-state index >= 15 is 0 Å². The summed E-state index contributed by atoms with van der Waals surface area (Å²) in [5.41, 5.74) is 7.83. The van der Waals surface area contributed by atoms with Gasteiger partial charge in [-0.15, -0.1) is 0 Å². The molecule has 1 aromatic heterocycles. The molecule has 3 rings (SSSR count). The van der Waals surface area contributed by atoms with Crippen LogP contribution in [0.5, 0.6) is 5.75 Å². The molecule has 0 radical (unpaired) electrons. The van der Waals surface area contributed by atoms with E-state index in [1.54, 1.807) is 31.6 Å². The van der Waals surface area contributed by atoms with Crippen LogP contribution in [0.25, 0.3) is 11.4 Å². The smallest absolute Gasteiger partial charge is 0.341 e. The molecule has 1 aromatic carbocycles. The molecule has 1 aliphatic rings. The molecule has 0 bridgehead atoms. The van der Waals surface area contributed by atoms with E-state index in [1.807, 2.05) is 12.1 Å². The van der Waals surface area contributed by atoms with Crippen LogP contribution in [-0.2, 0) is 16.1 Å². The highest BCUT2D eigenvalue weighted by Gasteiger charge is 2.27. The lowest BCUT2D eigenvalue weighted by molar-refractivity contribution is -0.139. The number of aromatic nitrogens is 2. The summed E-state index contributed by atoms with van der Waals surface area (Å²) >= 11 is 0. The van der Waals surface area contributed by atoms with E-state index in [1.165, 1.54) is 0 Å². The normalized spacial score (nSPS) is 20.4. The van der Waals surface area contributed by atoms with Gasteiger partial charge in [-0.05, 0) is 30.7 Å². The SMILES string of the molecule is CO[C@@H]1CN(Cc2cc(-c3ncccn3)ccc2OCC(=O)O)CC[C@@H]1N. The van der Waals surface area contributed by atoms with Crippen LogP contribution >= 0.6 is 0 Å². The summed E-state index contributed by atoms with van der Waals surface area (Å²) in [5, 5.41) is 8.93. The molecular formula is C19H24N4O4. The monoisotopic (exact) mass is 372 g/mol. The molecule has 1 aliphatic heterocycles. The Morgan fingerprint density at radius 1 is 1.37 bits per heavy atom. The maximum absolute atomic E-state index is 10.9. The number of rotatable bonds is 7. The molecule has 1 fully saturated rings. The van der Waals surface area contributed by atoms with Crippen LogP contribution in [0, 0.1) is 0 Å². The van der Waals surface area contributed by atoms with Crippen molar-refractivity contribution in [3.63, 3.8) is 0 Å². The zero-order valence-electron chi connectivity index (χ0n) is 15.2. The number of likely N-dealkylation sites (tertiary alicyclic amines) is 1. The van der Waals surface area contributed by atoms with Crippen molar-refractivity contribution in [3.05, 3.63) is 42.2 Å². The summed E-state index contributed by atoms with van der Waals surface area (Å²) in [6.45, 7) is 1.76. The highest BCUT2D eigenvalue weighted by Crippen LogP contribution is 2.27. The van der Waals surface area contributed by atoms with Gasteiger partial charge < -0.3 is 20.3 Å². The van der Waals surface area contributed by atoms with E-state index in [4.69, 9.17) is 20.3 Å². The Hall–Kier alpha value is -2.55. The van der Waals surface area contributed by atoms with E-state index in [0.717, 1.165) is 24.1 Å². The Labute approximate surface area is 157 Å². The van der Waals surface area contributed by atoms with Crippen molar-refractivity contribution in [2.75, 3.05) is 26.8 Å². The number of carboxylic acid groups (broad SMARTS) is 1. The fourth-order valence-electron chi connectivity index (χ4n) is 3.20. The molecule has 2 atom stereocenters. The second kappa shape index (κ2) is 8.90. The Morgan fingerprint density at radius 3 is 2.85 bits per heavy atom. The molecule has 144 valence electrons. The summed E-state index contributed by atoms with van der Waals surface area (Å²) in [6.07, 6.45) is 4.19. The van der Waals surface area contributed by atoms with E-state index in [0.29, 0.717) is 24.7 Å². The summed E-state index contributed by atoms with van der Waals surface area (Å²) in [4.78, 5) is 21.7. The van der Waals surface area contributed by atoms with E-state index < -0.39 is 5.97 Å². The zero-order valence-corrected chi connectivity index (χ0v) is 15.2. The predicted molar refractivity (Wildman–Crippen MR) is 99.3 cm³/mol. The number of ether oxygens (including phenoxy) is 2. The van der Waals surface area contributed by atoms with Crippen molar-refractivity contribution in [2.24, 2.45) is 5.73 Å². The molecule has 0 aliphatic carbocycles. The summed E-state index contributed by atoms with van der Waals surface area (Å²) in [5.74, 6) is 0.139. The first-order valence-electron chi connectivity index (χ1n) is 8.82. The fraction of sp³-hybridized carbons (Fsp3) is 0.421. The van der Waals surface area contributed by atoms with Crippen LogP contribution in [0.1, 0.15) is 12.0 Å². The lowest BCUT2D eigenvalue weighted by Gasteiger charge is -2.36. The molecule has 0 unspecified atom stereocenters. The molecule has 1 saturated heterocycles. The number of nitrogens with zero attached hydrogens (tertiary/aromatic N) is 3. The average molecular weight is 372 g/mol. The van der Waals surface area contributed by atoms with Crippen molar-refractivity contribution in [1.82, 2.24) is 14.9 Å². The molecule has 0 spiro atoms. The summed E-state index contributed by atoms with van der Waals surface area (Å²) < 4.78 is 11.0. The number of nitrogens with two attached hydrogens (primary N) is 1. The third-order valence-corrected chi connectivity index (χ3v) is 4.63. The van der Waals surface area contributed by atoms with Crippen LogP contribution in [0.2, 0.25) is 0 Å². The molecule has 8 nitrogen and oxygen atoms in total. The first-order valence-corrected chi connectivity index (χ1v) is 8.82. The van der Waals surface area contributed by atoms with Crippen LogP contribution in [0.4, 0.5) is 0 Å². The third kappa shape index (κ3) is 5.00. The van der Waals surface area contributed by atoms with Gasteiger partial charge in [0.2, 0.25) is 0 Å². The number of benzene rings is 1. The minimum absolute atomic E-state index is 0.0252. The number of piperidine rings is 1. The van der Waals surface area contributed by atoms with Gasteiger partial charge in [-0.25, -0.2) is 14.8 Å². The Balaban J connectivity index is 1.84. The number of hydrogen-bond donors (Lipinski definition) is 2. The maximum atomic E-state index is 10.9. The van der Waals surface area contributed by atoms with Gasteiger partial charge in [0.1, 0.15) is 5.75 Å². The van der Waals surface area contributed by atoms with E-state index in [9.17, 15) is 4.79 Å². The van der Waals surface area contributed by atoms with Gasteiger partial charge >= 0.3 is 5.97 Å². The van der Waals surface area contributed by atoms with Gasteiger partial charge in [-0.1, -0.05) is 0 Å². The molecule has 2 heterocycles. The van der Waals surface area contributed by atoms with Crippen molar-refractivity contribution in [2.45, 2.75) is 25.1 Å². The first kappa shape index (κ1) is 19.2. The number of aliphatic carboxylic acids is 1. The van der Waals surface area contributed by atoms with Gasteiger partial charge in [0.25, 0.3) is 0 Å². The van der Waals surface area contributed by atoms with Crippen molar-refractivity contribution in [1.29, 1.82) is 0 Å². The van der Waals surface area contributed by atoms with E-state index in [-0.39, 0.29) is 18.8 Å². The molecule has 27 heavy (non-hydrogen) atoms. The fourth-order valence-corrected chi connectivity index (χ4v) is 3.20. The topological polar surface area (TPSA) is 111 Å². The molecule has 8 heteroatoms. The average Bonchev–Trinajstić information content (AvgIpc) is 2.69. The quantitative estimate of drug-likeness (QED) is 0.745. The van der Waals surface area contributed by atoms with Crippen LogP contribution in [0.3, 0.4) is 0 Å². The van der Waals surface area contributed by atoms with E-state index in [2.05, 4.69) is 14.9 Å². The lowest BCUT2D eigenvalue weighted by atomic mass is 10.0. The third-order valence-electron chi connectivity index (χ3n) is 4.63. The second-order valence-electron chi connectivity index (χ2n) is 6.54. The first-order chi connectivity index (χ1) is 13.1. The molecular weight excluding hydrogens is 348 g/mol. The number of hydrogen-bond acceptors (Lipinski definition) is 7. The van der Waals surface area contributed by atoms with Gasteiger partial charge in [0.05, 0.1) is 6.10 Å². The van der Waals surface area contributed by atoms with Gasteiger partial charge in [0, 0.05) is 56.3 Å². The molecule has 2 aromatic rings. The minimum atomic E-state index is -1.01. The standard InChI is InChI=1S/C19H24N4O4/c1-26-17-11-23(8-5-15(17)20)10-14-9-13(19-21-6-2-7-22-19)3-4-16(14)27-12-18(24)25/h2-4,6-7,9,15,17H,5,8,10-12,20H2,1H3,(H,24,25)/t15-,17+/m0/s1.